The summed E-state index contributed by atoms with van der Waals surface area (Å²) in [6.45, 7) is -2.06. The molecule has 27 rings (SSSR count). The summed E-state index contributed by atoms with van der Waals surface area (Å²) in [6.07, 6.45) is 0. The molecule has 0 fully saturated rings. The zero-order valence-corrected chi connectivity index (χ0v) is 65.9. The minimum absolute atomic E-state index is 0.496. The zero-order valence-electron chi connectivity index (χ0n) is 65.1. The molecule has 4 aliphatic heterocycles. The number of ether oxygens (including phenoxy) is 4. The highest BCUT2D eigenvalue weighted by Gasteiger charge is 2.51. The van der Waals surface area contributed by atoms with Crippen LogP contribution in [0.25, 0.3) is 130 Å². The first-order valence-corrected chi connectivity index (χ1v) is 42.5. The van der Waals surface area contributed by atoms with Gasteiger partial charge in [-0.3, -0.25) is 0 Å². The van der Waals surface area contributed by atoms with Gasteiger partial charge in [-0.15, -0.1) is 11.3 Å². The maximum atomic E-state index is 7.49. The number of fused-ring (bicyclic) bond motifs is 23. The van der Waals surface area contributed by atoms with Crippen LogP contribution in [-0.2, 0) is 0 Å². The maximum Gasteiger partial charge on any atom is 0.252 e. The smallest absolute Gasteiger partial charge is 0.252 e. The molecule has 13 heteroatoms. The van der Waals surface area contributed by atoms with Crippen molar-refractivity contribution in [2.24, 2.45) is 0 Å². The lowest BCUT2D eigenvalue weighted by Crippen LogP contribution is -2.78. The van der Waals surface area contributed by atoms with Crippen molar-refractivity contribution in [3.05, 3.63) is 388 Å². The van der Waals surface area contributed by atoms with Crippen molar-refractivity contribution in [1.29, 1.82) is 0 Å². The lowest BCUT2D eigenvalue weighted by atomic mass is 9.20. The second kappa shape index (κ2) is 25.7. The van der Waals surface area contributed by atoms with Crippen molar-refractivity contribution >= 4 is 211 Å². The monoisotopic (exact) mass is 1560 g/mol. The van der Waals surface area contributed by atoms with Gasteiger partial charge in [-0.2, -0.15) is 0 Å². The van der Waals surface area contributed by atoms with Gasteiger partial charge in [-0.1, -0.05) is 313 Å². The zero-order chi connectivity index (χ0) is 78.8. The van der Waals surface area contributed by atoms with Crippen LogP contribution >= 0.6 is 11.3 Å². The molecular weight excluding hydrogens is 1490 g/mol. The number of thiophene rings is 1. The van der Waals surface area contributed by atoms with Gasteiger partial charge in [0.05, 0.1) is 71.6 Å². The molecule has 0 aliphatic carbocycles. The van der Waals surface area contributed by atoms with Gasteiger partial charge >= 0.3 is 0 Å². The average Bonchev–Trinajstić information content (AvgIpc) is 1.52. The molecule has 4 aliphatic rings. The summed E-state index contributed by atoms with van der Waals surface area (Å²) in [6, 6.07) is 144. The molecule has 558 valence electrons. The van der Waals surface area contributed by atoms with E-state index in [1.165, 1.54) is 10.9 Å². The highest BCUT2D eigenvalue weighted by atomic mass is 32.1. The van der Waals surface area contributed by atoms with Crippen LogP contribution in [-0.4, -0.2) is 45.1 Å². The number of benzene rings is 18. The summed E-state index contributed by atoms with van der Waals surface area (Å²) in [7, 11) is 0. The Morgan fingerprint density at radius 1 is 0.165 bits per heavy atom. The van der Waals surface area contributed by atoms with E-state index in [-0.39, 0.29) is 0 Å². The summed E-state index contributed by atoms with van der Waals surface area (Å²) in [5.74, 6) is 6.40. The number of hydrogen-bond donors (Lipinski definition) is 0. The summed E-state index contributed by atoms with van der Waals surface area (Å²) in [4.78, 5) is 0. The van der Waals surface area contributed by atoms with Crippen LogP contribution in [0, 0.1) is 0 Å². The minimum atomic E-state index is -0.539. The molecule has 0 atom stereocenters. The van der Waals surface area contributed by atoms with Gasteiger partial charge in [0, 0.05) is 53.2 Å². The van der Waals surface area contributed by atoms with Crippen LogP contribution in [0.2, 0.25) is 0 Å². The van der Waals surface area contributed by atoms with E-state index >= 15 is 0 Å². The molecule has 0 saturated heterocycles. The molecule has 5 aromatic heterocycles. The number of hydrogen-bond acceptors (Lipinski definition) is 5. The van der Waals surface area contributed by atoms with E-state index in [1.807, 2.05) is 11.3 Å². The van der Waals surface area contributed by atoms with E-state index in [2.05, 4.69) is 407 Å². The fourth-order valence-electron chi connectivity index (χ4n) is 21.9. The molecule has 0 amide bonds. The van der Waals surface area contributed by atoms with E-state index < -0.39 is 26.9 Å². The predicted octanol–water partition coefficient (Wildman–Crippen LogP) is 18.9. The third-order valence-electron chi connectivity index (χ3n) is 26.5. The Labute approximate surface area is 700 Å². The molecule has 0 bridgehead atoms. The molecule has 121 heavy (non-hydrogen) atoms. The highest BCUT2D eigenvalue weighted by molar-refractivity contribution is 7.30. The second-order valence-corrected chi connectivity index (χ2v) is 33.5. The number of aromatic nitrogens is 4. The lowest BCUT2D eigenvalue weighted by molar-refractivity contribution is 0.487. The van der Waals surface area contributed by atoms with Crippen LogP contribution in [0.1, 0.15) is 0 Å². The Balaban J connectivity index is 1.04. The van der Waals surface area contributed by atoms with Crippen molar-refractivity contribution in [2.45, 2.75) is 0 Å². The predicted molar refractivity (Wildman–Crippen MR) is 507 cm³/mol. The molecule has 0 N–H and O–H groups in total. The van der Waals surface area contributed by atoms with Gasteiger partial charge in [0.2, 0.25) is 13.4 Å². The third kappa shape index (κ3) is 9.32. The minimum Gasteiger partial charge on any atom is -0.458 e. The number of para-hydroxylation sites is 16. The molecule has 18 aromatic carbocycles. The largest absolute Gasteiger partial charge is 0.458 e. The molecule has 9 heterocycles. The third-order valence-corrected chi connectivity index (χ3v) is 27.7. The van der Waals surface area contributed by atoms with E-state index in [0.717, 1.165) is 231 Å². The van der Waals surface area contributed by atoms with Crippen molar-refractivity contribution < 1.29 is 18.9 Å². The highest BCUT2D eigenvalue weighted by Crippen LogP contribution is 2.54. The topological polar surface area (TPSA) is 56.6 Å². The van der Waals surface area contributed by atoms with Crippen molar-refractivity contribution in [3.8, 4) is 68.7 Å². The van der Waals surface area contributed by atoms with Crippen molar-refractivity contribution in [2.75, 3.05) is 0 Å². The lowest BCUT2D eigenvalue weighted by Gasteiger charge is -2.39. The first-order chi connectivity index (χ1) is 60.1. The number of nitrogens with zero attached hydrogens (tertiary/aromatic N) is 4. The molecule has 0 spiro atoms. The Morgan fingerprint density at radius 2 is 0.355 bits per heavy atom. The standard InChI is InChI=1S/C108H64B4N4O4S/c1-17-49-81-65(33-1)66-34-2-18-50-82(66)113(81)103-98-97-99(109-73-41-9-25-57-89(73)117-90-58-26-10-42-74(90)109)100(110-75-43-11-27-59-91(75)118-92-60-28-12-44-76(92)110)101(111-77-45-13-29-61-93(77)119-94-62-30-14-46-78(94)111)102(112-79-47-15-31-63-95(79)120-96-64-32-16-48-80(96)112)107(97)121-108(98)106(116-87-55-23-7-39-71(87)72-40-8-24-56-88(72)116)105(115-85-53-21-5-37-69(85)70-38-6-22-54-86(70)115)104(103)114-83-51-19-3-35-67(83)68-36-4-20-52-84(68)114/h1-64H. The van der Waals surface area contributed by atoms with Gasteiger partial charge in [-0.25, -0.2) is 0 Å². The fraction of sp³-hybridized carbons (Fsp3) is 0. The Hall–Kier alpha value is -15.2. The molecule has 8 nitrogen and oxygen atoms in total. The van der Waals surface area contributed by atoms with E-state index in [1.54, 1.807) is 0 Å². The quantitative estimate of drug-likeness (QED) is 0.142. The SMILES string of the molecule is c1ccc2c(c1)Oc1ccccc1B2c1c(B2c3ccccc3Oc3ccccc32)c(B2c3ccccc3Oc3ccccc32)c2c(sc3c(-n4c5ccccc5c5ccccc54)c(-n4c5ccccc5c5ccccc54)c(-n4c5ccccc5c5ccccc54)c(-n4c5ccccc5c5ccccc54)c32)c1B1c2ccccc2Oc2ccccc21. The van der Waals surface area contributed by atoms with E-state index in [4.69, 9.17) is 18.9 Å². The first kappa shape index (κ1) is 66.9. The van der Waals surface area contributed by atoms with Gasteiger partial charge < -0.3 is 37.2 Å². The van der Waals surface area contributed by atoms with Gasteiger partial charge in [0.25, 0.3) is 13.4 Å². The molecule has 0 radical (unpaired) electrons. The normalized spacial score (nSPS) is 13.2. The van der Waals surface area contributed by atoms with Crippen LogP contribution in [0.3, 0.4) is 0 Å². The molecule has 0 saturated carbocycles. The second-order valence-electron chi connectivity index (χ2n) is 32.5. The van der Waals surface area contributed by atoms with Crippen molar-refractivity contribution in [1.82, 2.24) is 18.3 Å². The summed E-state index contributed by atoms with van der Waals surface area (Å²) < 4.78 is 42.8. The van der Waals surface area contributed by atoms with E-state index in [9.17, 15) is 0 Å². The van der Waals surface area contributed by atoms with Gasteiger partial charge in [0.15, 0.2) is 0 Å². The Bertz CT molecular complexity index is 8070. The van der Waals surface area contributed by atoms with Crippen molar-refractivity contribution in [3.63, 3.8) is 0 Å². The Morgan fingerprint density at radius 3 is 0.620 bits per heavy atom. The summed E-state index contributed by atoms with van der Waals surface area (Å²) in [5, 5.41) is 11.4. The van der Waals surface area contributed by atoms with Gasteiger partial charge in [0.1, 0.15) is 46.0 Å². The average molecular weight is 1560 g/mol. The Kier molecular flexibility index (Phi) is 14.2. The van der Waals surface area contributed by atoms with Crippen LogP contribution in [0.4, 0.5) is 0 Å². The first-order valence-electron chi connectivity index (χ1n) is 41.7. The van der Waals surface area contributed by atoms with Crippen LogP contribution < -0.4 is 84.5 Å². The maximum absolute atomic E-state index is 7.49. The molecular formula is C108H64B4N4O4S. The number of rotatable bonds is 8. The fourth-order valence-corrected chi connectivity index (χ4v) is 23.3. The molecule has 23 aromatic rings. The van der Waals surface area contributed by atoms with Crippen LogP contribution in [0.5, 0.6) is 46.0 Å². The molecule has 0 unspecified atom stereocenters. The van der Waals surface area contributed by atoms with E-state index in [0.29, 0.717) is 0 Å². The van der Waals surface area contributed by atoms with Crippen LogP contribution in [0.15, 0.2) is 388 Å². The summed E-state index contributed by atoms with van der Waals surface area (Å²) in [5.41, 5.74) is 25.8. The summed E-state index contributed by atoms with van der Waals surface area (Å²) >= 11 is 1.95. The van der Waals surface area contributed by atoms with Gasteiger partial charge in [-0.05, 0) is 146 Å².